The molecule has 7 nitrogen and oxygen atoms in total. The highest BCUT2D eigenvalue weighted by molar-refractivity contribution is 7.97. The second kappa shape index (κ2) is 10.6. The van der Waals surface area contributed by atoms with Crippen LogP contribution < -0.4 is 14.9 Å². The smallest absolute Gasteiger partial charge is 0.265 e. The molecule has 5 rings (SSSR count). The van der Waals surface area contributed by atoms with Gasteiger partial charge in [0.2, 0.25) is 0 Å². The molecule has 3 aromatic rings. The summed E-state index contributed by atoms with van der Waals surface area (Å²) in [5.41, 5.74) is 2.44. The largest absolute Gasteiger partial charge is 0.367 e. The minimum Gasteiger partial charge on any atom is -0.367 e. The fourth-order valence-electron chi connectivity index (χ4n) is 5.55. The van der Waals surface area contributed by atoms with E-state index in [1.165, 1.54) is 11.9 Å². The molecule has 0 radical (unpaired) electrons. The van der Waals surface area contributed by atoms with Gasteiger partial charge in [-0.15, -0.1) is 0 Å². The highest BCUT2D eigenvalue weighted by Crippen LogP contribution is 2.40. The summed E-state index contributed by atoms with van der Waals surface area (Å²) in [7, 11) is 0. The van der Waals surface area contributed by atoms with Crippen molar-refractivity contribution < 1.29 is 4.79 Å². The summed E-state index contributed by atoms with van der Waals surface area (Å²) in [5.74, 6) is 1.93. The van der Waals surface area contributed by atoms with Crippen molar-refractivity contribution in [2.24, 2.45) is 5.92 Å². The number of nitrogens with one attached hydrogen (secondary N) is 2. The van der Waals surface area contributed by atoms with Gasteiger partial charge in [0, 0.05) is 59.5 Å². The standard InChI is InChI=1S/C30H38N6OS/c1-29(2,3)24-15-14-23-27(33-24)36-19-20(18-30(36,4)5)12-13-22(17-21-9-6-7-16-31-21)32-25-10-8-11-26(34-25)38-35-28(23)37/h6-11,14-16,20,22H,12-13,17-19H2,1-5H3,(H,32,34)(H,35,37)/t20-,22?/m0/s1. The molecule has 0 spiro atoms. The first kappa shape index (κ1) is 26.5. The van der Waals surface area contributed by atoms with Crippen LogP contribution in [0, 0.1) is 5.92 Å². The van der Waals surface area contributed by atoms with Crippen LogP contribution in [0.15, 0.2) is 59.8 Å². The zero-order valence-electron chi connectivity index (χ0n) is 23.0. The SMILES string of the molecule is CC(C)(C)c1ccc2c(n1)N1C[C@@H](CCC(Cc3ccccn3)Nc3cccc(n3)SNC2=O)CC1(C)C. The highest BCUT2D eigenvalue weighted by Gasteiger charge is 2.41. The Kier molecular flexibility index (Phi) is 7.36. The van der Waals surface area contributed by atoms with Gasteiger partial charge in [-0.1, -0.05) is 32.9 Å². The quantitative estimate of drug-likeness (QED) is 0.392. The molecule has 4 bridgehead atoms. The van der Waals surface area contributed by atoms with Crippen molar-refractivity contribution in [2.45, 2.75) is 82.3 Å². The molecule has 3 aromatic heterocycles. The van der Waals surface area contributed by atoms with Crippen LogP contribution in [-0.4, -0.2) is 39.0 Å². The number of anilines is 2. The van der Waals surface area contributed by atoms with Gasteiger partial charge in [-0.05, 0) is 75.4 Å². The number of carbonyl (C=O) groups is 1. The van der Waals surface area contributed by atoms with Crippen molar-refractivity contribution in [3.8, 4) is 0 Å². The van der Waals surface area contributed by atoms with Crippen LogP contribution in [0.3, 0.4) is 0 Å². The van der Waals surface area contributed by atoms with Crippen LogP contribution in [0.1, 0.15) is 75.6 Å². The minimum atomic E-state index is -0.153. The second-order valence-corrected chi connectivity index (χ2v) is 13.0. The topological polar surface area (TPSA) is 83.0 Å². The van der Waals surface area contributed by atoms with Crippen LogP contribution in [0.2, 0.25) is 0 Å². The first-order chi connectivity index (χ1) is 18.1. The van der Waals surface area contributed by atoms with Crippen molar-refractivity contribution >= 4 is 29.5 Å². The van der Waals surface area contributed by atoms with Gasteiger partial charge in [0.1, 0.15) is 16.7 Å². The molecule has 2 aliphatic rings. The first-order valence-electron chi connectivity index (χ1n) is 13.5. The Hall–Kier alpha value is -3.13. The fourth-order valence-corrected chi connectivity index (χ4v) is 6.15. The summed E-state index contributed by atoms with van der Waals surface area (Å²) in [6.45, 7) is 11.9. The van der Waals surface area contributed by atoms with Crippen molar-refractivity contribution in [3.05, 3.63) is 71.7 Å². The number of aromatic nitrogens is 3. The number of pyridine rings is 3. The summed E-state index contributed by atoms with van der Waals surface area (Å²) < 4.78 is 3.02. The summed E-state index contributed by atoms with van der Waals surface area (Å²) in [6, 6.07) is 16.1. The predicted molar refractivity (Wildman–Crippen MR) is 155 cm³/mol. The van der Waals surface area contributed by atoms with Gasteiger partial charge >= 0.3 is 0 Å². The maximum absolute atomic E-state index is 13.5. The summed E-state index contributed by atoms with van der Waals surface area (Å²) in [4.78, 5) is 30.3. The zero-order chi connectivity index (χ0) is 26.9. The van der Waals surface area contributed by atoms with Crippen LogP contribution in [0.5, 0.6) is 0 Å². The van der Waals surface area contributed by atoms with Gasteiger partial charge in [-0.2, -0.15) is 0 Å². The summed E-state index contributed by atoms with van der Waals surface area (Å²) in [6.07, 6.45) is 5.81. The van der Waals surface area contributed by atoms with Gasteiger partial charge in [0.15, 0.2) is 0 Å². The third-order valence-electron chi connectivity index (χ3n) is 7.53. The molecule has 1 saturated heterocycles. The maximum Gasteiger partial charge on any atom is 0.265 e. The van der Waals surface area contributed by atoms with Crippen LogP contribution >= 0.6 is 11.9 Å². The van der Waals surface area contributed by atoms with Gasteiger partial charge in [-0.25, -0.2) is 9.97 Å². The fraction of sp³-hybridized carbons (Fsp3) is 0.467. The van der Waals surface area contributed by atoms with Crippen molar-refractivity contribution in [2.75, 3.05) is 16.8 Å². The second-order valence-electron chi connectivity index (χ2n) is 12.1. The molecular weight excluding hydrogens is 492 g/mol. The molecule has 1 amide bonds. The minimum absolute atomic E-state index is 0.108. The molecular formula is C30H38N6OS. The molecule has 2 N–H and O–H groups in total. The predicted octanol–water partition coefficient (Wildman–Crippen LogP) is 6.03. The summed E-state index contributed by atoms with van der Waals surface area (Å²) in [5, 5.41) is 4.40. The molecule has 2 atom stereocenters. The Morgan fingerprint density at radius 1 is 1.05 bits per heavy atom. The molecule has 0 saturated carbocycles. The Balaban J connectivity index is 1.51. The number of amides is 1. The molecule has 2 aliphatic heterocycles. The lowest BCUT2D eigenvalue weighted by Gasteiger charge is -2.34. The van der Waals surface area contributed by atoms with Crippen molar-refractivity contribution in [3.63, 3.8) is 0 Å². The number of nitrogens with zero attached hydrogens (tertiary/aromatic N) is 4. The number of hydrogen-bond acceptors (Lipinski definition) is 7. The highest BCUT2D eigenvalue weighted by atomic mass is 32.2. The van der Waals surface area contributed by atoms with E-state index >= 15 is 0 Å². The van der Waals surface area contributed by atoms with E-state index in [4.69, 9.17) is 9.97 Å². The Morgan fingerprint density at radius 3 is 2.66 bits per heavy atom. The van der Waals surface area contributed by atoms with Crippen LogP contribution in [0.4, 0.5) is 11.6 Å². The molecule has 1 unspecified atom stereocenters. The van der Waals surface area contributed by atoms with E-state index in [1.807, 2.05) is 48.7 Å². The lowest BCUT2D eigenvalue weighted by atomic mass is 9.90. The number of rotatable bonds is 2. The number of fused-ring (bicyclic) bond motifs is 6. The average molecular weight is 531 g/mol. The third kappa shape index (κ3) is 5.96. The average Bonchev–Trinajstić information content (AvgIpc) is 3.19. The summed E-state index contributed by atoms with van der Waals surface area (Å²) >= 11 is 1.24. The number of carbonyl (C=O) groups excluding carboxylic acids is 1. The molecule has 8 heteroatoms. The van der Waals surface area contributed by atoms with Gasteiger partial charge in [0.25, 0.3) is 5.91 Å². The Morgan fingerprint density at radius 2 is 1.89 bits per heavy atom. The molecule has 5 heterocycles. The van der Waals surface area contributed by atoms with E-state index in [-0.39, 0.29) is 22.9 Å². The molecule has 0 aromatic carbocycles. The zero-order valence-corrected chi connectivity index (χ0v) is 23.8. The van der Waals surface area contributed by atoms with Gasteiger partial charge in [0.05, 0.1) is 5.56 Å². The van der Waals surface area contributed by atoms with E-state index in [1.54, 1.807) is 0 Å². The molecule has 0 aliphatic carbocycles. The van der Waals surface area contributed by atoms with Crippen molar-refractivity contribution in [1.82, 2.24) is 19.7 Å². The van der Waals surface area contributed by atoms with E-state index in [9.17, 15) is 4.79 Å². The molecule has 1 fully saturated rings. The molecule has 200 valence electrons. The van der Waals surface area contributed by atoms with E-state index in [0.29, 0.717) is 11.5 Å². The van der Waals surface area contributed by atoms with Crippen LogP contribution in [-0.2, 0) is 11.8 Å². The van der Waals surface area contributed by atoms with Crippen LogP contribution in [0.25, 0.3) is 0 Å². The monoisotopic (exact) mass is 530 g/mol. The Labute approximate surface area is 230 Å². The lowest BCUT2D eigenvalue weighted by Crippen LogP contribution is -2.40. The maximum atomic E-state index is 13.5. The van der Waals surface area contributed by atoms with E-state index in [0.717, 1.165) is 60.3 Å². The normalized spacial score (nSPS) is 21.5. The van der Waals surface area contributed by atoms with Gasteiger partial charge < -0.3 is 10.2 Å². The lowest BCUT2D eigenvalue weighted by molar-refractivity contribution is 0.0984. The van der Waals surface area contributed by atoms with Crippen molar-refractivity contribution in [1.29, 1.82) is 0 Å². The third-order valence-corrected chi connectivity index (χ3v) is 8.26. The number of hydrogen-bond donors (Lipinski definition) is 2. The van der Waals surface area contributed by atoms with Gasteiger partial charge in [-0.3, -0.25) is 14.5 Å². The van der Waals surface area contributed by atoms with E-state index < -0.39 is 0 Å². The first-order valence-corrected chi connectivity index (χ1v) is 14.3. The Bertz CT molecular complexity index is 1290. The molecule has 38 heavy (non-hydrogen) atoms. The van der Waals surface area contributed by atoms with E-state index in [2.05, 4.69) is 60.6 Å².